The lowest BCUT2D eigenvalue weighted by Gasteiger charge is -2.35. The van der Waals surface area contributed by atoms with Gasteiger partial charge in [-0.3, -0.25) is 9.97 Å². The van der Waals surface area contributed by atoms with Crippen LogP contribution in [0.2, 0.25) is 0 Å². The maximum absolute atomic E-state index is 4.73. The average Bonchev–Trinajstić information content (AvgIpc) is 0.747. The predicted octanol–water partition coefficient (Wildman–Crippen LogP) is 0.333. The van der Waals surface area contributed by atoms with Crippen molar-refractivity contribution in [3.05, 3.63) is 379 Å². The van der Waals surface area contributed by atoms with E-state index in [0.29, 0.717) is 26.9 Å². The van der Waals surface area contributed by atoms with Crippen LogP contribution in [0.15, 0.2) is 250 Å². The van der Waals surface area contributed by atoms with Crippen molar-refractivity contribution < 1.29 is 32.0 Å². The van der Waals surface area contributed by atoms with E-state index in [0.717, 1.165) is 64.2 Å². The van der Waals surface area contributed by atoms with Crippen molar-refractivity contribution in [3.8, 4) is 0 Å². The van der Waals surface area contributed by atoms with Gasteiger partial charge in [0.2, 0.25) is 6.71 Å². The molecule has 0 atom stereocenters. The minimum absolute atomic E-state index is 0.250. The van der Waals surface area contributed by atoms with E-state index in [1.165, 1.54) is 189 Å². The van der Waals surface area contributed by atoms with Gasteiger partial charge in [-0.25, -0.2) is 32.0 Å². The summed E-state index contributed by atoms with van der Waals surface area (Å²) in [5.41, 5.74) is 55.0. The van der Waals surface area contributed by atoms with Crippen molar-refractivity contribution in [2.24, 2.45) is 49.3 Å². The van der Waals surface area contributed by atoms with Gasteiger partial charge in [0.15, 0.2) is 53.4 Å². The molecule has 0 saturated heterocycles. The first-order valence-electron chi connectivity index (χ1n) is 41.2. The molecule has 9 aromatic heterocycles. The van der Waals surface area contributed by atoms with Crippen LogP contribution in [-0.2, 0) is 114 Å². The average molecular weight is 1490 g/mol. The molecule has 0 bridgehead atoms. The van der Waals surface area contributed by atoms with E-state index < -0.39 is 0 Å². The number of fused-ring (bicyclic) bond motifs is 20. The van der Waals surface area contributed by atoms with E-state index in [2.05, 4.69) is 325 Å². The first kappa shape index (κ1) is 70.7. The first-order chi connectivity index (χ1) is 56.2. The van der Waals surface area contributed by atoms with Crippen molar-refractivity contribution >= 4 is 116 Å². The van der Waals surface area contributed by atoms with Crippen LogP contribution in [0.5, 0.6) is 0 Å². The fraction of sp³-hybridized carbons (Fsp3) is 0.202. The Balaban J connectivity index is 0.0000000900. The number of benzene rings is 6. The third-order valence-corrected chi connectivity index (χ3v) is 27.4. The summed E-state index contributed by atoms with van der Waals surface area (Å²) < 4.78 is 15.9. The summed E-state index contributed by atoms with van der Waals surface area (Å²) in [6.07, 6.45) is 32.9. The Hall–Kier alpha value is -12.1. The standard InChI is InChI=1S/C22H19B.C20H19BN2.C20H18BN2.C19H18BN3.C18H17BN4/c1-14-6-3-8-16-12-18-10-5-11-19-13-17-9-4-7-15(2)21(17)23(20(14)16)22(18)19;1-22-10-4-8-16-12-14-6-3-7-15-13-17-9-5-11-23(2)20(17)21(18(14)15)19(16)22;1-13-5-3-6-14-11-15-8-9-22-17-12-16-7-4-10-23(2)20(16)21(18(13)14)19(15)17;1-22-8-4-7-15-9-13-5-3-6-14-10-16-11-21-12-23(2)19(16)20(17(13)14)18(15)22;1-22-7-3-4-13-9-15-16-12(5-6-21-15)8-14-10-20-11-23(2)18(14)19(16)17(13)22/h2*3-11H,12-13H2,1-2H3;3-10H,11-12H2,1-2H3;3-8,11-12H,9-10H2,1-2H3;3-7,10-11H,8-9H2,1-2H3/q;+2;+1;2*+2. The number of hydrogen-bond donors (Lipinski definition) is 0. The van der Waals surface area contributed by atoms with E-state index >= 15 is 0 Å². The van der Waals surface area contributed by atoms with Gasteiger partial charge in [0.25, 0.3) is 12.7 Å². The van der Waals surface area contributed by atoms with Gasteiger partial charge in [0, 0.05) is 138 Å². The highest BCUT2D eigenvalue weighted by molar-refractivity contribution is 6.99. The lowest BCUT2D eigenvalue weighted by Crippen LogP contribution is -2.75. The zero-order valence-electron chi connectivity index (χ0n) is 67.5. The molecule has 10 aliphatic rings. The molecule has 0 unspecified atom stereocenters. The zero-order chi connectivity index (χ0) is 77.8. The van der Waals surface area contributed by atoms with Crippen molar-refractivity contribution in [1.82, 2.24) is 19.9 Å². The van der Waals surface area contributed by atoms with E-state index in [1.54, 1.807) is 21.9 Å². The molecular weight excluding hydrogens is 1400 g/mol. The molecule has 19 heterocycles. The molecule has 0 fully saturated rings. The molecule has 0 N–H and O–H groups in total. The number of aromatic nitrogens is 11. The van der Waals surface area contributed by atoms with Crippen molar-refractivity contribution in [2.45, 2.75) is 85.0 Å². The Morgan fingerprint density at radius 3 is 0.800 bits per heavy atom. The molecule has 10 aliphatic heterocycles. The van der Waals surface area contributed by atoms with Crippen LogP contribution in [-0.4, -0.2) is 53.5 Å². The number of nitrogens with zero attached hydrogens (tertiary/aromatic N) is 11. The van der Waals surface area contributed by atoms with E-state index in [1.807, 2.05) is 37.4 Å². The summed E-state index contributed by atoms with van der Waals surface area (Å²) in [4.78, 5) is 18.3. The molecule has 6 aromatic carbocycles. The Bertz CT molecular complexity index is 5200. The molecule has 0 spiro atoms. The number of hydrogen-bond acceptors (Lipinski definition) is 4. The van der Waals surface area contributed by atoms with Crippen LogP contribution >= 0.6 is 0 Å². The molecule has 550 valence electrons. The summed E-state index contributed by atoms with van der Waals surface area (Å²) >= 11 is 0. The van der Waals surface area contributed by atoms with Crippen LogP contribution in [0.4, 0.5) is 0 Å². The Labute approximate surface area is 676 Å². The smallest absolute Gasteiger partial charge is 0.261 e. The zero-order valence-corrected chi connectivity index (χ0v) is 67.5. The minimum Gasteiger partial charge on any atom is -0.261 e. The molecule has 0 saturated carbocycles. The second-order valence-corrected chi connectivity index (χ2v) is 34.0. The minimum atomic E-state index is 0.250. The largest absolute Gasteiger partial charge is 0.407 e. The van der Waals surface area contributed by atoms with Gasteiger partial charge in [0.05, 0.1) is 25.3 Å². The molecule has 15 aromatic rings. The first-order valence-corrected chi connectivity index (χ1v) is 41.2. The van der Waals surface area contributed by atoms with Crippen LogP contribution in [0.25, 0.3) is 0 Å². The summed E-state index contributed by atoms with van der Waals surface area (Å²) in [7, 11) is 15.1. The van der Waals surface area contributed by atoms with Crippen LogP contribution in [0, 0.1) is 20.8 Å². The van der Waals surface area contributed by atoms with E-state index in [9.17, 15) is 0 Å². The highest BCUT2D eigenvalue weighted by Gasteiger charge is 2.51. The van der Waals surface area contributed by atoms with Crippen molar-refractivity contribution in [3.63, 3.8) is 0 Å². The third kappa shape index (κ3) is 11.4. The lowest BCUT2D eigenvalue weighted by atomic mass is 9.29. The van der Waals surface area contributed by atoms with Crippen LogP contribution in [0.3, 0.4) is 0 Å². The number of pyridine rings is 7. The molecular formula is C99H91B5N11+7. The summed E-state index contributed by atoms with van der Waals surface area (Å²) in [5, 5.41) is 0. The Morgan fingerprint density at radius 1 is 0.217 bits per heavy atom. The van der Waals surface area contributed by atoms with Crippen molar-refractivity contribution in [1.29, 1.82) is 0 Å². The summed E-state index contributed by atoms with van der Waals surface area (Å²) in [5.74, 6) is 0. The molecule has 0 aliphatic carbocycles. The lowest BCUT2D eigenvalue weighted by molar-refractivity contribution is -0.661. The van der Waals surface area contributed by atoms with Gasteiger partial charge in [-0.1, -0.05) is 163 Å². The molecule has 0 amide bonds. The summed E-state index contributed by atoms with van der Waals surface area (Å²) in [6, 6.07) is 67.5. The van der Waals surface area contributed by atoms with Crippen molar-refractivity contribution in [2.75, 3.05) is 0 Å². The number of aryl methyl sites for hydroxylation is 10. The maximum atomic E-state index is 4.73. The Kier molecular flexibility index (Phi) is 17.1. The molecule has 25 rings (SSSR count). The molecule has 0 radical (unpaired) electrons. The molecule has 11 nitrogen and oxygen atoms in total. The predicted molar refractivity (Wildman–Crippen MR) is 462 cm³/mol. The van der Waals surface area contributed by atoms with E-state index in [4.69, 9.17) is 9.97 Å². The van der Waals surface area contributed by atoms with Crippen LogP contribution < -0.4 is 115 Å². The van der Waals surface area contributed by atoms with Gasteiger partial charge in [-0.15, -0.1) is 0 Å². The monoisotopic (exact) mass is 1490 g/mol. The number of rotatable bonds is 0. The van der Waals surface area contributed by atoms with Gasteiger partial charge in [-0.2, -0.15) is 0 Å². The fourth-order valence-electron chi connectivity index (χ4n) is 22.7. The second kappa shape index (κ2) is 27.9. The Morgan fingerprint density at radius 2 is 0.452 bits per heavy atom. The van der Waals surface area contributed by atoms with Gasteiger partial charge < -0.3 is 0 Å². The normalized spacial score (nSPS) is 14.1. The highest BCUT2D eigenvalue weighted by Crippen LogP contribution is 2.28. The second-order valence-electron chi connectivity index (χ2n) is 34.0. The van der Waals surface area contributed by atoms with Gasteiger partial charge >= 0.3 is 26.9 Å². The van der Waals surface area contributed by atoms with E-state index in [-0.39, 0.29) is 6.71 Å². The van der Waals surface area contributed by atoms with Gasteiger partial charge in [-0.05, 0) is 160 Å². The quantitative estimate of drug-likeness (QED) is 0.162. The molecule has 16 heteroatoms. The van der Waals surface area contributed by atoms with Gasteiger partial charge in [0.1, 0.15) is 53.2 Å². The topological polar surface area (TPSA) is 78.7 Å². The third-order valence-electron chi connectivity index (χ3n) is 27.4. The maximum Gasteiger partial charge on any atom is 0.407 e. The van der Waals surface area contributed by atoms with Crippen LogP contribution in [0.1, 0.15) is 128 Å². The molecule has 115 heavy (non-hydrogen) atoms. The SMILES string of the molecule is C[n+]1cccc2c1B1c3c(cccc3Cc3ccc[n+](C)c31)C2.C[n+]1cccc2c1B1c3c(cccc3Cc3cnc[n+](C)c31)C2.C[n+]1cncc2c1B1c3c(ccnc3Cc3ccc[n+](C)c31)C2.Cc1cccc2c1B1c3c(C)cccc3Cc3cccc(c31)C2.Cc1cccc2c1B1c3c(ccnc3Cc3ccc[n+](C)c31)C2. The fourth-order valence-corrected chi connectivity index (χ4v) is 22.7. The summed E-state index contributed by atoms with van der Waals surface area (Å²) in [6.45, 7) is 8.47. The highest BCUT2D eigenvalue weighted by atomic mass is 15.0.